The molecule has 1 fully saturated rings. The highest BCUT2D eigenvalue weighted by molar-refractivity contribution is 7.89. The van der Waals surface area contributed by atoms with Gasteiger partial charge < -0.3 is 15.2 Å². The smallest absolute Gasteiger partial charge is 0.244 e. The van der Waals surface area contributed by atoms with Crippen LogP contribution in [0, 0.1) is 6.92 Å². The predicted molar refractivity (Wildman–Crippen MR) is 80.9 cm³/mol. The Bertz CT molecular complexity index is 616. The Hall–Kier alpha value is -1.31. The van der Waals surface area contributed by atoms with Crippen molar-refractivity contribution in [2.24, 2.45) is 0 Å². The van der Waals surface area contributed by atoms with Crippen LogP contribution in [-0.2, 0) is 14.8 Å². The Balaban J connectivity index is 2.26. The van der Waals surface area contributed by atoms with E-state index < -0.39 is 10.0 Å². The molecule has 1 aromatic rings. The van der Waals surface area contributed by atoms with Crippen LogP contribution in [0.2, 0.25) is 0 Å². The summed E-state index contributed by atoms with van der Waals surface area (Å²) in [5, 5.41) is 0. The van der Waals surface area contributed by atoms with E-state index in [0.717, 1.165) is 18.4 Å². The van der Waals surface area contributed by atoms with Gasteiger partial charge in [0.1, 0.15) is 10.6 Å². The molecule has 0 heterocycles. The van der Waals surface area contributed by atoms with Crippen LogP contribution in [0.15, 0.2) is 17.0 Å². The number of ether oxygens (including phenoxy) is 2. The van der Waals surface area contributed by atoms with E-state index in [1.165, 1.54) is 13.2 Å². The highest BCUT2D eigenvalue weighted by Crippen LogP contribution is 2.30. The third-order valence-electron chi connectivity index (χ3n) is 3.88. The molecule has 0 saturated heterocycles. The topological polar surface area (TPSA) is 90.7 Å². The summed E-state index contributed by atoms with van der Waals surface area (Å²) in [6, 6.07) is 2.96. The molecular formula is C14H22N2O4S. The lowest BCUT2D eigenvalue weighted by atomic mass is 10.2. The number of aryl methyl sites for hydroxylation is 1. The zero-order valence-electron chi connectivity index (χ0n) is 12.5. The maximum absolute atomic E-state index is 12.5. The van der Waals surface area contributed by atoms with Crippen molar-refractivity contribution in [3.05, 3.63) is 17.7 Å². The van der Waals surface area contributed by atoms with Crippen LogP contribution in [-0.4, -0.2) is 34.8 Å². The summed E-state index contributed by atoms with van der Waals surface area (Å²) >= 11 is 0. The molecule has 1 aliphatic carbocycles. The van der Waals surface area contributed by atoms with Crippen molar-refractivity contribution in [2.75, 3.05) is 20.0 Å². The van der Waals surface area contributed by atoms with E-state index in [1.54, 1.807) is 13.2 Å². The van der Waals surface area contributed by atoms with Crippen molar-refractivity contribution in [3.8, 4) is 5.75 Å². The standard InChI is InChI=1S/C14H22N2O4S/c1-9-6-13(20-3)14(8-12(9)15)21(17,18)16-10-4-5-11(7-10)19-2/h6,8,10-11,16H,4-5,7,15H2,1-3H3. The number of nitrogen functional groups attached to an aromatic ring is 1. The van der Waals surface area contributed by atoms with Gasteiger partial charge in [0.05, 0.1) is 13.2 Å². The molecule has 1 saturated carbocycles. The lowest BCUT2D eigenvalue weighted by Crippen LogP contribution is -2.33. The third-order valence-corrected chi connectivity index (χ3v) is 5.42. The van der Waals surface area contributed by atoms with Crippen molar-refractivity contribution in [1.29, 1.82) is 0 Å². The Labute approximate surface area is 125 Å². The zero-order valence-corrected chi connectivity index (χ0v) is 13.4. The number of methoxy groups -OCH3 is 2. The van der Waals surface area contributed by atoms with Gasteiger partial charge in [-0.05, 0) is 43.9 Å². The molecule has 0 aliphatic heterocycles. The van der Waals surface area contributed by atoms with E-state index >= 15 is 0 Å². The quantitative estimate of drug-likeness (QED) is 0.802. The van der Waals surface area contributed by atoms with Gasteiger partial charge in [0, 0.05) is 18.8 Å². The number of rotatable bonds is 5. The molecule has 1 aromatic carbocycles. The fraction of sp³-hybridized carbons (Fsp3) is 0.571. The van der Waals surface area contributed by atoms with E-state index in [2.05, 4.69) is 4.72 Å². The van der Waals surface area contributed by atoms with Crippen molar-refractivity contribution >= 4 is 15.7 Å². The minimum absolute atomic E-state index is 0.0777. The Morgan fingerprint density at radius 1 is 1.29 bits per heavy atom. The van der Waals surface area contributed by atoms with E-state index in [0.29, 0.717) is 17.9 Å². The van der Waals surface area contributed by atoms with Gasteiger partial charge in [0.15, 0.2) is 0 Å². The molecule has 21 heavy (non-hydrogen) atoms. The Kier molecular flexibility index (Phi) is 4.75. The van der Waals surface area contributed by atoms with Crippen LogP contribution in [0.4, 0.5) is 5.69 Å². The number of nitrogens with two attached hydrogens (primary N) is 1. The van der Waals surface area contributed by atoms with Gasteiger partial charge in [-0.3, -0.25) is 0 Å². The molecular weight excluding hydrogens is 292 g/mol. The first-order chi connectivity index (χ1) is 9.87. The SMILES string of the molecule is COc1cc(C)c(N)cc1S(=O)(=O)NC1CCC(OC)C1. The summed E-state index contributed by atoms with van der Waals surface area (Å²) in [7, 11) is -0.579. The molecule has 0 amide bonds. The van der Waals surface area contributed by atoms with Crippen LogP contribution in [0.5, 0.6) is 5.75 Å². The summed E-state index contributed by atoms with van der Waals surface area (Å²) in [6.07, 6.45) is 2.42. The number of sulfonamides is 1. The maximum atomic E-state index is 12.5. The normalized spacial score (nSPS) is 22.4. The number of anilines is 1. The van der Waals surface area contributed by atoms with E-state index in [1.807, 2.05) is 6.92 Å². The minimum Gasteiger partial charge on any atom is -0.495 e. The molecule has 6 nitrogen and oxygen atoms in total. The number of hydrogen-bond donors (Lipinski definition) is 2. The largest absolute Gasteiger partial charge is 0.495 e. The second-order valence-electron chi connectivity index (χ2n) is 5.35. The second-order valence-corrected chi connectivity index (χ2v) is 7.03. The number of hydrogen-bond acceptors (Lipinski definition) is 5. The van der Waals surface area contributed by atoms with Crippen LogP contribution < -0.4 is 15.2 Å². The van der Waals surface area contributed by atoms with Gasteiger partial charge in [-0.15, -0.1) is 0 Å². The van der Waals surface area contributed by atoms with Gasteiger partial charge in [0.25, 0.3) is 0 Å². The summed E-state index contributed by atoms with van der Waals surface area (Å²) in [6.45, 7) is 1.81. The lowest BCUT2D eigenvalue weighted by molar-refractivity contribution is 0.107. The lowest BCUT2D eigenvalue weighted by Gasteiger charge is -2.16. The van der Waals surface area contributed by atoms with Crippen molar-refractivity contribution in [1.82, 2.24) is 4.72 Å². The number of nitrogens with one attached hydrogen (secondary N) is 1. The predicted octanol–water partition coefficient (Wildman–Crippen LogP) is 1.43. The summed E-state index contributed by atoms with van der Waals surface area (Å²) in [5.74, 6) is 0.301. The van der Waals surface area contributed by atoms with Crippen molar-refractivity contribution < 1.29 is 17.9 Å². The second kappa shape index (κ2) is 6.21. The van der Waals surface area contributed by atoms with E-state index in [4.69, 9.17) is 15.2 Å². The van der Waals surface area contributed by atoms with Crippen LogP contribution in [0.1, 0.15) is 24.8 Å². The summed E-state index contributed by atoms with van der Waals surface area (Å²) in [5.41, 5.74) is 7.04. The molecule has 2 unspecified atom stereocenters. The van der Waals surface area contributed by atoms with Gasteiger partial charge in [-0.1, -0.05) is 0 Å². The molecule has 3 N–H and O–H groups in total. The van der Waals surface area contributed by atoms with Crippen molar-refractivity contribution in [3.63, 3.8) is 0 Å². The fourth-order valence-electron chi connectivity index (χ4n) is 2.59. The van der Waals surface area contributed by atoms with Crippen LogP contribution in [0.25, 0.3) is 0 Å². The molecule has 118 valence electrons. The average Bonchev–Trinajstić information content (AvgIpc) is 2.88. The molecule has 0 aromatic heterocycles. The maximum Gasteiger partial charge on any atom is 0.244 e. The van der Waals surface area contributed by atoms with Gasteiger partial charge >= 0.3 is 0 Å². The van der Waals surface area contributed by atoms with Crippen LogP contribution in [0.3, 0.4) is 0 Å². The van der Waals surface area contributed by atoms with Crippen LogP contribution >= 0.6 is 0 Å². The molecule has 1 aliphatic rings. The first-order valence-electron chi connectivity index (χ1n) is 6.86. The fourth-order valence-corrected chi connectivity index (χ4v) is 4.06. The summed E-state index contributed by atoms with van der Waals surface area (Å²) < 4.78 is 38.2. The third kappa shape index (κ3) is 3.48. The van der Waals surface area contributed by atoms with Gasteiger partial charge in [0.2, 0.25) is 10.0 Å². The van der Waals surface area contributed by atoms with E-state index in [9.17, 15) is 8.42 Å². The Morgan fingerprint density at radius 2 is 2.00 bits per heavy atom. The minimum atomic E-state index is -3.67. The van der Waals surface area contributed by atoms with Crippen molar-refractivity contribution in [2.45, 2.75) is 43.2 Å². The van der Waals surface area contributed by atoms with E-state index in [-0.39, 0.29) is 17.0 Å². The highest BCUT2D eigenvalue weighted by Gasteiger charge is 2.30. The van der Waals surface area contributed by atoms with Gasteiger partial charge in [-0.2, -0.15) is 0 Å². The average molecular weight is 314 g/mol. The molecule has 2 rings (SSSR count). The summed E-state index contributed by atoms with van der Waals surface area (Å²) in [4.78, 5) is 0.0777. The zero-order chi connectivity index (χ0) is 15.6. The van der Waals surface area contributed by atoms with Gasteiger partial charge in [-0.25, -0.2) is 13.1 Å². The molecule has 0 bridgehead atoms. The highest BCUT2D eigenvalue weighted by atomic mass is 32.2. The first-order valence-corrected chi connectivity index (χ1v) is 8.35. The molecule has 0 spiro atoms. The molecule has 7 heteroatoms. The molecule has 2 atom stereocenters. The first kappa shape index (κ1) is 16.1. The monoisotopic (exact) mass is 314 g/mol. The Morgan fingerprint density at radius 3 is 2.57 bits per heavy atom. The molecule has 0 radical (unpaired) electrons. The number of benzene rings is 1.